The van der Waals surface area contributed by atoms with Crippen LogP contribution in [0.25, 0.3) is 0 Å². The summed E-state index contributed by atoms with van der Waals surface area (Å²) in [6.07, 6.45) is 4.09. The van der Waals surface area contributed by atoms with Crippen molar-refractivity contribution in [3.8, 4) is 5.75 Å². The molecule has 1 atom stereocenters. The molecule has 3 heteroatoms. The molecule has 0 radical (unpaired) electrons. The molecule has 1 aromatic carbocycles. The van der Waals surface area contributed by atoms with Crippen LogP contribution in [0.1, 0.15) is 24.4 Å². The molecule has 1 N–H and O–H groups in total. The fourth-order valence-corrected chi connectivity index (χ4v) is 2.16. The van der Waals surface area contributed by atoms with Crippen molar-refractivity contribution in [1.82, 2.24) is 5.32 Å². The molecule has 2 rings (SSSR count). The lowest BCUT2D eigenvalue weighted by Gasteiger charge is -2.23. The maximum absolute atomic E-state index is 5.40. The van der Waals surface area contributed by atoms with E-state index in [0.29, 0.717) is 0 Å². The van der Waals surface area contributed by atoms with Crippen LogP contribution in [0.2, 0.25) is 0 Å². The lowest BCUT2D eigenvalue weighted by atomic mass is 9.95. The van der Waals surface area contributed by atoms with Crippen LogP contribution in [-0.4, -0.2) is 20.8 Å². The molecule has 0 saturated carbocycles. The van der Waals surface area contributed by atoms with Crippen molar-refractivity contribution in [1.29, 1.82) is 0 Å². The van der Waals surface area contributed by atoms with Crippen molar-refractivity contribution in [3.05, 3.63) is 41.7 Å². The lowest BCUT2D eigenvalue weighted by Crippen LogP contribution is -2.20. The van der Waals surface area contributed by atoms with E-state index >= 15 is 0 Å². The van der Waals surface area contributed by atoms with Crippen LogP contribution in [0, 0.1) is 0 Å². The van der Waals surface area contributed by atoms with E-state index in [1.54, 1.807) is 7.11 Å². The van der Waals surface area contributed by atoms with Crippen LogP contribution >= 0.6 is 0 Å². The van der Waals surface area contributed by atoms with Gasteiger partial charge in [-0.2, -0.15) is 0 Å². The van der Waals surface area contributed by atoms with E-state index in [4.69, 9.17) is 9.47 Å². The number of hydrogen-bond donors (Lipinski definition) is 1. The van der Waals surface area contributed by atoms with Gasteiger partial charge in [0.2, 0.25) is 0 Å². The second-order valence-electron chi connectivity index (χ2n) is 4.16. The summed E-state index contributed by atoms with van der Waals surface area (Å²) in [6, 6.07) is 8.40. The highest BCUT2D eigenvalue weighted by Crippen LogP contribution is 2.28. The van der Waals surface area contributed by atoms with E-state index in [9.17, 15) is 0 Å². The van der Waals surface area contributed by atoms with Crippen molar-refractivity contribution < 1.29 is 9.47 Å². The summed E-state index contributed by atoms with van der Waals surface area (Å²) in [5.74, 6) is 0.887. The highest BCUT2D eigenvalue weighted by molar-refractivity contribution is 5.33. The van der Waals surface area contributed by atoms with Gasteiger partial charge in [0.1, 0.15) is 5.75 Å². The zero-order valence-electron chi connectivity index (χ0n) is 10.4. The summed E-state index contributed by atoms with van der Waals surface area (Å²) in [4.78, 5) is 0. The van der Waals surface area contributed by atoms with Crippen LogP contribution < -0.4 is 10.1 Å². The van der Waals surface area contributed by atoms with E-state index in [2.05, 4.69) is 17.4 Å². The molecule has 0 saturated heterocycles. The number of rotatable bonds is 4. The van der Waals surface area contributed by atoms with Gasteiger partial charge in [-0.3, -0.25) is 0 Å². The van der Waals surface area contributed by atoms with Gasteiger partial charge >= 0.3 is 0 Å². The van der Waals surface area contributed by atoms with Crippen molar-refractivity contribution in [3.63, 3.8) is 0 Å². The number of nitrogens with one attached hydrogen (secondary N) is 1. The summed E-state index contributed by atoms with van der Waals surface area (Å²) in [7, 11) is 3.66. The maximum Gasteiger partial charge on any atom is 0.118 e. The zero-order chi connectivity index (χ0) is 12.1. The molecule has 0 aliphatic carbocycles. The van der Waals surface area contributed by atoms with Crippen LogP contribution in [-0.2, 0) is 4.74 Å². The monoisotopic (exact) mass is 233 g/mol. The van der Waals surface area contributed by atoms with E-state index in [1.165, 1.54) is 11.1 Å². The Morgan fingerprint density at radius 3 is 2.59 bits per heavy atom. The Balaban J connectivity index is 2.18. The van der Waals surface area contributed by atoms with Crippen LogP contribution in [0.15, 0.2) is 36.1 Å². The van der Waals surface area contributed by atoms with Gasteiger partial charge in [0.15, 0.2) is 0 Å². The van der Waals surface area contributed by atoms with E-state index < -0.39 is 0 Å². The molecule has 3 nitrogen and oxygen atoms in total. The Bertz CT molecular complexity index is 384. The first-order valence-corrected chi connectivity index (χ1v) is 5.97. The molecule has 1 aliphatic rings. The second-order valence-corrected chi connectivity index (χ2v) is 4.16. The maximum atomic E-state index is 5.40. The van der Waals surface area contributed by atoms with E-state index in [0.717, 1.165) is 25.2 Å². The number of likely N-dealkylation sites (N-methyl/N-ethyl adjacent to an activating group) is 1. The minimum Gasteiger partial charge on any atom is -0.501 e. The molecule has 1 unspecified atom stereocenters. The molecule has 0 amide bonds. The van der Waals surface area contributed by atoms with Crippen LogP contribution in [0.5, 0.6) is 5.75 Å². The Morgan fingerprint density at radius 1 is 1.29 bits per heavy atom. The Kier molecular flexibility index (Phi) is 4.04. The average molecular weight is 233 g/mol. The number of methoxy groups -OCH3 is 1. The second kappa shape index (κ2) is 5.73. The van der Waals surface area contributed by atoms with Gasteiger partial charge in [0, 0.05) is 0 Å². The van der Waals surface area contributed by atoms with E-state index in [1.807, 2.05) is 25.4 Å². The third-order valence-corrected chi connectivity index (χ3v) is 3.07. The summed E-state index contributed by atoms with van der Waals surface area (Å²) >= 11 is 0. The van der Waals surface area contributed by atoms with Gasteiger partial charge in [-0.05, 0) is 43.2 Å². The standard InChI is InChI=1S/C14H19NO2/c1-15-14(12-4-3-9-17-10-12)11-5-7-13(16-2)8-6-11/h5-8,10,14-15H,3-4,9H2,1-2H3. The van der Waals surface area contributed by atoms with Crippen molar-refractivity contribution in [2.45, 2.75) is 18.9 Å². The normalized spacial score (nSPS) is 16.9. The predicted molar refractivity (Wildman–Crippen MR) is 68.1 cm³/mol. The number of benzene rings is 1. The minimum absolute atomic E-state index is 0.237. The smallest absolute Gasteiger partial charge is 0.118 e. The quantitative estimate of drug-likeness (QED) is 0.867. The van der Waals surface area contributed by atoms with Gasteiger partial charge in [-0.1, -0.05) is 12.1 Å². The summed E-state index contributed by atoms with van der Waals surface area (Å²) in [6.45, 7) is 0.836. The molecule has 0 bridgehead atoms. The Morgan fingerprint density at radius 2 is 2.06 bits per heavy atom. The highest BCUT2D eigenvalue weighted by Gasteiger charge is 2.17. The van der Waals surface area contributed by atoms with Gasteiger partial charge < -0.3 is 14.8 Å². The summed E-state index contributed by atoms with van der Waals surface area (Å²) in [5.41, 5.74) is 2.55. The van der Waals surface area contributed by atoms with Crippen LogP contribution in [0.3, 0.4) is 0 Å². The molecule has 0 spiro atoms. The van der Waals surface area contributed by atoms with Crippen LogP contribution in [0.4, 0.5) is 0 Å². The molecule has 92 valence electrons. The van der Waals surface area contributed by atoms with Crippen molar-refractivity contribution >= 4 is 0 Å². The molecular formula is C14H19NO2. The van der Waals surface area contributed by atoms with Gasteiger partial charge in [0.05, 0.1) is 26.0 Å². The molecule has 1 aliphatic heterocycles. The average Bonchev–Trinajstić information content (AvgIpc) is 2.42. The fraction of sp³-hybridized carbons (Fsp3) is 0.429. The predicted octanol–water partition coefficient (Wildman–Crippen LogP) is 2.65. The minimum atomic E-state index is 0.237. The third-order valence-electron chi connectivity index (χ3n) is 3.07. The van der Waals surface area contributed by atoms with Crippen molar-refractivity contribution in [2.24, 2.45) is 0 Å². The lowest BCUT2D eigenvalue weighted by molar-refractivity contribution is 0.220. The zero-order valence-corrected chi connectivity index (χ0v) is 10.4. The van der Waals surface area contributed by atoms with E-state index in [-0.39, 0.29) is 6.04 Å². The molecule has 0 fully saturated rings. The SMILES string of the molecule is CNC(C1=COCCC1)c1ccc(OC)cc1. The first kappa shape index (κ1) is 12.0. The Hall–Kier alpha value is -1.48. The fourth-order valence-electron chi connectivity index (χ4n) is 2.16. The van der Waals surface area contributed by atoms with Gasteiger partial charge in [0.25, 0.3) is 0 Å². The largest absolute Gasteiger partial charge is 0.501 e. The summed E-state index contributed by atoms with van der Waals surface area (Å²) in [5, 5.41) is 3.34. The first-order valence-electron chi connectivity index (χ1n) is 5.97. The Labute approximate surface area is 102 Å². The topological polar surface area (TPSA) is 30.5 Å². The number of ether oxygens (including phenoxy) is 2. The van der Waals surface area contributed by atoms with Gasteiger partial charge in [-0.15, -0.1) is 0 Å². The van der Waals surface area contributed by atoms with Crippen molar-refractivity contribution in [2.75, 3.05) is 20.8 Å². The number of hydrogen-bond acceptors (Lipinski definition) is 3. The van der Waals surface area contributed by atoms with Gasteiger partial charge in [-0.25, -0.2) is 0 Å². The third kappa shape index (κ3) is 2.80. The first-order chi connectivity index (χ1) is 8.35. The molecule has 0 aromatic heterocycles. The summed E-state index contributed by atoms with van der Waals surface area (Å²) < 4.78 is 10.6. The molecule has 17 heavy (non-hydrogen) atoms. The molecule has 1 heterocycles. The molecule has 1 aromatic rings. The highest BCUT2D eigenvalue weighted by atomic mass is 16.5. The molecular weight excluding hydrogens is 214 g/mol.